The summed E-state index contributed by atoms with van der Waals surface area (Å²) in [6.45, 7) is 2.40. The van der Waals surface area contributed by atoms with E-state index < -0.39 is 11.7 Å². The van der Waals surface area contributed by atoms with Crippen LogP contribution in [0.25, 0.3) is 10.9 Å². The van der Waals surface area contributed by atoms with Gasteiger partial charge >= 0.3 is 6.18 Å². The molecule has 7 heteroatoms. The lowest BCUT2D eigenvalue weighted by atomic mass is 10.0. The van der Waals surface area contributed by atoms with Crippen LogP contribution < -0.4 is 0 Å². The van der Waals surface area contributed by atoms with E-state index in [9.17, 15) is 13.2 Å². The monoisotopic (exact) mass is 349 g/mol. The molecule has 2 aromatic heterocycles. The lowest BCUT2D eigenvalue weighted by Gasteiger charge is -2.12. The molecule has 124 valence electrons. The van der Waals surface area contributed by atoms with Crippen molar-refractivity contribution in [2.24, 2.45) is 0 Å². The zero-order valence-electron chi connectivity index (χ0n) is 12.9. The average molecular weight is 349 g/mol. The van der Waals surface area contributed by atoms with E-state index in [0.29, 0.717) is 18.5 Å². The number of benzene rings is 1. The average Bonchev–Trinajstić information content (AvgIpc) is 3.15. The molecule has 0 amide bonds. The Labute approximate surface area is 141 Å². The summed E-state index contributed by atoms with van der Waals surface area (Å²) >= 11 is 1.45. The molecule has 0 aliphatic rings. The number of alkyl halides is 3. The minimum atomic E-state index is -4.57. The standard InChI is InChI=1S/C17H14F3N3S/c1-2-3-13-6-14-15(23(13)8-12-9-24-10-22-12)5-4-11(7-21)16(14)17(18,19)20/h4-6,9-10H,2-3,8H2,1H3. The SMILES string of the molecule is CCCc1cc2c(C(F)(F)F)c(C#N)ccc2n1Cc1cscn1. The first-order valence-corrected chi connectivity index (χ1v) is 8.39. The van der Waals surface area contributed by atoms with Gasteiger partial charge in [-0.05, 0) is 24.6 Å². The number of fused-ring (bicyclic) bond motifs is 1. The third-order valence-corrected chi connectivity index (χ3v) is 4.52. The van der Waals surface area contributed by atoms with Crippen molar-refractivity contribution in [1.29, 1.82) is 5.26 Å². The van der Waals surface area contributed by atoms with Crippen LogP contribution in [-0.4, -0.2) is 9.55 Å². The number of aromatic nitrogens is 2. The molecule has 2 heterocycles. The summed E-state index contributed by atoms with van der Waals surface area (Å²) in [5.41, 5.74) is 2.63. The van der Waals surface area contributed by atoms with E-state index >= 15 is 0 Å². The number of nitrogens with zero attached hydrogens (tertiary/aromatic N) is 3. The minimum absolute atomic E-state index is 0.0835. The van der Waals surface area contributed by atoms with Crippen LogP contribution in [0, 0.1) is 11.3 Å². The van der Waals surface area contributed by atoms with Crippen LogP contribution in [0.2, 0.25) is 0 Å². The molecule has 0 saturated carbocycles. The lowest BCUT2D eigenvalue weighted by Crippen LogP contribution is -2.09. The van der Waals surface area contributed by atoms with E-state index in [4.69, 9.17) is 5.26 Å². The number of halogens is 3. The molecule has 24 heavy (non-hydrogen) atoms. The predicted molar refractivity (Wildman–Crippen MR) is 86.9 cm³/mol. The molecule has 0 radical (unpaired) electrons. The number of thiazole rings is 1. The Bertz CT molecular complexity index is 902. The minimum Gasteiger partial charge on any atom is -0.339 e. The summed E-state index contributed by atoms with van der Waals surface area (Å²) in [6.07, 6.45) is -3.08. The van der Waals surface area contributed by atoms with Gasteiger partial charge in [0, 0.05) is 22.0 Å². The number of aryl methyl sites for hydroxylation is 1. The highest BCUT2D eigenvalue weighted by Gasteiger charge is 2.36. The fourth-order valence-electron chi connectivity index (χ4n) is 2.92. The Morgan fingerprint density at radius 2 is 2.12 bits per heavy atom. The Morgan fingerprint density at radius 3 is 2.71 bits per heavy atom. The number of rotatable bonds is 4. The predicted octanol–water partition coefficient (Wildman–Crippen LogP) is 4.99. The maximum absolute atomic E-state index is 13.5. The molecule has 0 bridgehead atoms. The molecule has 0 aliphatic carbocycles. The number of hydrogen-bond acceptors (Lipinski definition) is 3. The molecule has 0 fully saturated rings. The Hall–Kier alpha value is -2.33. The van der Waals surface area contributed by atoms with Crippen LogP contribution in [0.1, 0.15) is 35.9 Å². The molecule has 0 spiro atoms. The van der Waals surface area contributed by atoms with E-state index in [2.05, 4.69) is 4.98 Å². The second-order valence-electron chi connectivity index (χ2n) is 5.48. The molecule has 3 nitrogen and oxygen atoms in total. The summed E-state index contributed by atoms with van der Waals surface area (Å²) in [5, 5.41) is 11.0. The maximum atomic E-state index is 13.5. The topological polar surface area (TPSA) is 41.6 Å². The molecule has 0 saturated heterocycles. The first-order chi connectivity index (χ1) is 11.5. The van der Waals surface area contributed by atoms with E-state index in [1.807, 2.05) is 16.9 Å². The quantitative estimate of drug-likeness (QED) is 0.666. The van der Waals surface area contributed by atoms with Gasteiger partial charge in [-0.15, -0.1) is 11.3 Å². The van der Waals surface area contributed by atoms with Gasteiger partial charge in [0.1, 0.15) is 0 Å². The van der Waals surface area contributed by atoms with Gasteiger partial charge in [0.05, 0.1) is 34.9 Å². The van der Waals surface area contributed by atoms with Crippen LogP contribution in [0.3, 0.4) is 0 Å². The fraction of sp³-hybridized carbons (Fsp3) is 0.294. The Balaban J connectivity index is 2.27. The first kappa shape index (κ1) is 16.5. The number of hydrogen-bond donors (Lipinski definition) is 0. The van der Waals surface area contributed by atoms with Crippen molar-refractivity contribution < 1.29 is 13.2 Å². The normalized spacial score (nSPS) is 11.8. The van der Waals surface area contributed by atoms with Crippen LogP contribution in [-0.2, 0) is 19.1 Å². The lowest BCUT2D eigenvalue weighted by molar-refractivity contribution is -0.136. The molecule has 0 aliphatic heterocycles. The fourth-order valence-corrected chi connectivity index (χ4v) is 3.47. The third kappa shape index (κ3) is 2.89. The molecular weight excluding hydrogens is 335 g/mol. The van der Waals surface area contributed by atoms with Gasteiger partial charge in [0.25, 0.3) is 0 Å². The largest absolute Gasteiger partial charge is 0.418 e. The molecule has 0 N–H and O–H groups in total. The van der Waals surface area contributed by atoms with Crippen LogP contribution >= 0.6 is 11.3 Å². The van der Waals surface area contributed by atoms with Crippen LogP contribution in [0.5, 0.6) is 0 Å². The van der Waals surface area contributed by atoms with Crippen molar-refractivity contribution in [2.45, 2.75) is 32.5 Å². The molecule has 1 aromatic carbocycles. The highest BCUT2D eigenvalue weighted by atomic mass is 32.1. The summed E-state index contributed by atoms with van der Waals surface area (Å²) in [4.78, 5) is 4.23. The maximum Gasteiger partial charge on any atom is 0.418 e. The van der Waals surface area contributed by atoms with Crippen molar-refractivity contribution in [3.8, 4) is 6.07 Å². The van der Waals surface area contributed by atoms with Gasteiger partial charge in [-0.1, -0.05) is 13.3 Å². The van der Waals surface area contributed by atoms with E-state index in [0.717, 1.165) is 17.8 Å². The van der Waals surface area contributed by atoms with E-state index in [1.165, 1.54) is 17.4 Å². The number of nitriles is 1. The van der Waals surface area contributed by atoms with Crippen molar-refractivity contribution in [2.75, 3.05) is 0 Å². The van der Waals surface area contributed by atoms with Gasteiger partial charge in [-0.3, -0.25) is 0 Å². The highest BCUT2D eigenvalue weighted by Crippen LogP contribution is 2.39. The van der Waals surface area contributed by atoms with Gasteiger partial charge in [0.2, 0.25) is 0 Å². The second-order valence-corrected chi connectivity index (χ2v) is 6.20. The van der Waals surface area contributed by atoms with E-state index in [1.54, 1.807) is 23.7 Å². The summed E-state index contributed by atoms with van der Waals surface area (Å²) in [5.74, 6) is 0. The van der Waals surface area contributed by atoms with Crippen molar-refractivity contribution >= 4 is 22.2 Å². The van der Waals surface area contributed by atoms with E-state index in [-0.39, 0.29) is 10.9 Å². The highest BCUT2D eigenvalue weighted by molar-refractivity contribution is 7.07. The molecule has 0 unspecified atom stereocenters. The molecule has 3 rings (SSSR count). The molecular formula is C17H14F3N3S. The third-order valence-electron chi connectivity index (χ3n) is 3.88. The Morgan fingerprint density at radius 1 is 1.33 bits per heavy atom. The summed E-state index contributed by atoms with van der Waals surface area (Å²) in [7, 11) is 0. The zero-order chi connectivity index (χ0) is 17.3. The van der Waals surface area contributed by atoms with Crippen molar-refractivity contribution in [3.05, 3.63) is 51.6 Å². The zero-order valence-corrected chi connectivity index (χ0v) is 13.7. The van der Waals surface area contributed by atoms with Crippen LogP contribution in [0.15, 0.2) is 29.1 Å². The van der Waals surface area contributed by atoms with Gasteiger partial charge in [-0.2, -0.15) is 18.4 Å². The van der Waals surface area contributed by atoms with Gasteiger partial charge < -0.3 is 4.57 Å². The smallest absolute Gasteiger partial charge is 0.339 e. The van der Waals surface area contributed by atoms with Crippen LogP contribution in [0.4, 0.5) is 13.2 Å². The molecule has 0 atom stereocenters. The molecule has 3 aromatic rings. The Kier molecular flexibility index (Phi) is 4.33. The summed E-state index contributed by atoms with van der Waals surface area (Å²) in [6, 6.07) is 6.07. The van der Waals surface area contributed by atoms with Crippen molar-refractivity contribution in [3.63, 3.8) is 0 Å². The van der Waals surface area contributed by atoms with Gasteiger partial charge in [0.15, 0.2) is 0 Å². The second kappa shape index (κ2) is 6.29. The first-order valence-electron chi connectivity index (χ1n) is 7.45. The van der Waals surface area contributed by atoms with Gasteiger partial charge in [-0.25, -0.2) is 4.98 Å². The van der Waals surface area contributed by atoms with Crippen molar-refractivity contribution in [1.82, 2.24) is 9.55 Å². The summed E-state index contributed by atoms with van der Waals surface area (Å²) < 4.78 is 42.4.